The number of nitrogens with zero attached hydrogens (tertiary/aromatic N) is 2. The maximum Gasteiger partial charge on any atom is 0.184 e. The van der Waals surface area contributed by atoms with Crippen molar-refractivity contribution < 1.29 is 10.2 Å². The van der Waals surface area contributed by atoms with E-state index in [4.69, 9.17) is 16.6 Å². The van der Waals surface area contributed by atoms with E-state index in [1.165, 1.54) is 6.21 Å². The van der Waals surface area contributed by atoms with Crippen LogP contribution in [0.25, 0.3) is 0 Å². The quantitative estimate of drug-likeness (QED) is 0.182. The zero-order valence-corrected chi connectivity index (χ0v) is 10.5. The van der Waals surface area contributed by atoms with Crippen LogP contribution >= 0.6 is 24.4 Å². The maximum atomic E-state index is 9.25. The normalized spacial score (nSPS) is 13.4. The van der Waals surface area contributed by atoms with E-state index < -0.39 is 12.7 Å². The van der Waals surface area contributed by atoms with Crippen molar-refractivity contribution in [1.82, 2.24) is 10.9 Å². The highest BCUT2D eigenvalue weighted by Gasteiger charge is 2.06. The van der Waals surface area contributed by atoms with Gasteiger partial charge in [-0.1, -0.05) is 0 Å². The largest absolute Gasteiger partial charge is 0.394 e. The summed E-state index contributed by atoms with van der Waals surface area (Å²) in [5.41, 5.74) is 15.3. The molecule has 0 rings (SSSR count). The lowest BCUT2D eigenvalue weighted by Crippen LogP contribution is -2.28. The van der Waals surface area contributed by atoms with Gasteiger partial charge in [0.2, 0.25) is 0 Å². The lowest BCUT2D eigenvalue weighted by atomic mass is 10.2. The first-order valence-electron chi connectivity index (χ1n) is 4.45. The van der Waals surface area contributed by atoms with Crippen molar-refractivity contribution in [1.29, 1.82) is 0 Å². The van der Waals surface area contributed by atoms with Gasteiger partial charge in [-0.3, -0.25) is 10.9 Å². The summed E-state index contributed by atoms with van der Waals surface area (Å²) in [4.78, 5) is 0. The number of hydrogen-bond donors (Lipinski definition) is 6. The highest BCUT2D eigenvalue weighted by Crippen LogP contribution is 1.92. The summed E-state index contributed by atoms with van der Waals surface area (Å²) in [6.45, 7) is -0.400. The highest BCUT2D eigenvalue weighted by molar-refractivity contribution is 7.80. The van der Waals surface area contributed by atoms with E-state index >= 15 is 0 Å². The molecule has 0 radical (unpaired) electrons. The van der Waals surface area contributed by atoms with E-state index in [2.05, 4.69) is 45.5 Å². The third-order valence-corrected chi connectivity index (χ3v) is 1.54. The predicted octanol–water partition coefficient (Wildman–Crippen LogP) is -2.26. The Labute approximate surface area is 109 Å². The number of hydrazone groups is 2. The standard InChI is InChI=1S/C7H14N6O2S2/c8-6(16)12-10-2-4(1-5(15)3-14)11-13-7(9)17/h2,5,14-15H,1,3H2,(H3,8,12,16)(H3,9,13,17)/b10-2+,11-4-/t5-/m0/s1. The van der Waals surface area contributed by atoms with Gasteiger partial charge in [-0.2, -0.15) is 10.2 Å². The molecule has 0 aromatic heterocycles. The first-order valence-corrected chi connectivity index (χ1v) is 5.26. The molecule has 0 aliphatic heterocycles. The number of rotatable bonds is 6. The lowest BCUT2D eigenvalue weighted by Gasteiger charge is -2.06. The van der Waals surface area contributed by atoms with E-state index in [9.17, 15) is 5.11 Å². The molecule has 0 unspecified atom stereocenters. The van der Waals surface area contributed by atoms with Crippen molar-refractivity contribution >= 4 is 46.6 Å². The number of thiocarbonyl (C=S) groups is 2. The number of aliphatic hydroxyl groups is 2. The predicted molar refractivity (Wildman–Crippen MR) is 73.5 cm³/mol. The van der Waals surface area contributed by atoms with Crippen molar-refractivity contribution in [2.24, 2.45) is 21.7 Å². The summed E-state index contributed by atoms with van der Waals surface area (Å²) in [6.07, 6.45) is 0.371. The molecule has 0 spiro atoms. The Kier molecular flexibility index (Phi) is 8.05. The number of nitrogens with one attached hydrogen (secondary N) is 2. The van der Waals surface area contributed by atoms with E-state index in [1.807, 2.05) is 0 Å². The van der Waals surface area contributed by atoms with Gasteiger partial charge < -0.3 is 21.7 Å². The van der Waals surface area contributed by atoms with Crippen LogP contribution in [0.4, 0.5) is 0 Å². The lowest BCUT2D eigenvalue weighted by molar-refractivity contribution is 0.101. The van der Waals surface area contributed by atoms with Gasteiger partial charge in [0.25, 0.3) is 0 Å². The van der Waals surface area contributed by atoms with Crippen molar-refractivity contribution in [3.63, 3.8) is 0 Å². The van der Waals surface area contributed by atoms with Gasteiger partial charge in [0.15, 0.2) is 10.2 Å². The van der Waals surface area contributed by atoms with Crippen LogP contribution in [-0.2, 0) is 0 Å². The van der Waals surface area contributed by atoms with Gasteiger partial charge in [0.1, 0.15) is 0 Å². The van der Waals surface area contributed by atoms with Crippen molar-refractivity contribution in [3.8, 4) is 0 Å². The maximum absolute atomic E-state index is 9.25. The Bertz CT molecular complexity index is 332. The number of nitrogens with two attached hydrogens (primary N) is 2. The second-order valence-electron chi connectivity index (χ2n) is 2.85. The Hall–Kier alpha value is -1.36. The first kappa shape index (κ1) is 15.6. The average molecular weight is 278 g/mol. The summed E-state index contributed by atoms with van der Waals surface area (Å²) in [7, 11) is 0. The molecule has 0 heterocycles. The van der Waals surface area contributed by atoms with Crippen molar-refractivity contribution in [3.05, 3.63) is 0 Å². The fourth-order valence-electron chi connectivity index (χ4n) is 0.730. The summed E-state index contributed by atoms with van der Waals surface area (Å²) in [6, 6.07) is 0. The molecule has 0 aliphatic carbocycles. The van der Waals surface area contributed by atoms with E-state index in [0.717, 1.165) is 0 Å². The smallest absolute Gasteiger partial charge is 0.184 e. The Morgan fingerprint density at radius 1 is 1.29 bits per heavy atom. The van der Waals surface area contributed by atoms with Gasteiger partial charge in [-0.25, -0.2) is 0 Å². The third-order valence-electron chi connectivity index (χ3n) is 1.35. The molecule has 0 bridgehead atoms. The topological polar surface area (TPSA) is 141 Å². The summed E-state index contributed by atoms with van der Waals surface area (Å²) >= 11 is 9.09. The highest BCUT2D eigenvalue weighted by atomic mass is 32.1. The zero-order valence-electron chi connectivity index (χ0n) is 8.83. The average Bonchev–Trinajstić information content (AvgIpc) is 2.24. The van der Waals surface area contributed by atoms with Gasteiger partial charge in [-0.05, 0) is 24.4 Å². The molecule has 0 aromatic rings. The van der Waals surface area contributed by atoms with Gasteiger partial charge in [-0.15, -0.1) is 0 Å². The van der Waals surface area contributed by atoms with Crippen LogP contribution in [0.1, 0.15) is 6.42 Å². The van der Waals surface area contributed by atoms with Gasteiger partial charge in [0, 0.05) is 6.42 Å². The van der Waals surface area contributed by atoms with Crippen LogP contribution in [-0.4, -0.2) is 45.1 Å². The monoisotopic (exact) mass is 278 g/mol. The molecular weight excluding hydrogens is 264 g/mol. The fourth-order valence-corrected chi connectivity index (χ4v) is 0.829. The Morgan fingerprint density at radius 2 is 1.88 bits per heavy atom. The minimum Gasteiger partial charge on any atom is -0.394 e. The van der Waals surface area contributed by atoms with Crippen LogP contribution in [0, 0.1) is 0 Å². The molecule has 0 aromatic carbocycles. The summed E-state index contributed by atoms with van der Waals surface area (Å²) in [5.74, 6) is 0. The van der Waals surface area contributed by atoms with Gasteiger partial charge >= 0.3 is 0 Å². The summed E-state index contributed by atoms with van der Waals surface area (Å²) < 4.78 is 0. The third kappa shape index (κ3) is 9.56. The van der Waals surface area contributed by atoms with Crippen LogP contribution in [0.3, 0.4) is 0 Å². The zero-order chi connectivity index (χ0) is 13.3. The molecule has 17 heavy (non-hydrogen) atoms. The molecule has 0 fully saturated rings. The Balaban J connectivity index is 4.49. The second kappa shape index (κ2) is 8.75. The first-order chi connectivity index (χ1) is 7.95. The van der Waals surface area contributed by atoms with Crippen LogP contribution in [0.15, 0.2) is 10.2 Å². The molecular formula is C7H14N6O2S2. The minimum atomic E-state index is -0.960. The molecule has 96 valence electrons. The van der Waals surface area contributed by atoms with Crippen LogP contribution < -0.4 is 22.3 Å². The molecule has 8 N–H and O–H groups in total. The Morgan fingerprint density at radius 3 is 2.35 bits per heavy atom. The molecule has 0 saturated carbocycles. The fraction of sp³-hybridized carbons (Fsp3) is 0.429. The van der Waals surface area contributed by atoms with Crippen molar-refractivity contribution in [2.45, 2.75) is 12.5 Å². The minimum absolute atomic E-state index is 0.00869. The number of hydrogen-bond acceptors (Lipinski definition) is 6. The van der Waals surface area contributed by atoms with Gasteiger partial charge in [0.05, 0.1) is 24.6 Å². The molecule has 1 atom stereocenters. The molecule has 0 saturated heterocycles. The van der Waals surface area contributed by atoms with Crippen LogP contribution in [0.5, 0.6) is 0 Å². The molecule has 10 heteroatoms. The van der Waals surface area contributed by atoms with Crippen molar-refractivity contribution in [2.75, 3.05) is 6.61 Å². The molecule has 8 nitrogen and oxygen atoms in total. The van der Waals surface area contributed by atoms with E-state index in [-0.39, 0.29) is 16.6 Å². The van der Waals surface area contributed by atoms with E-state index in [0.29, 0.717) is 5.71 Å². The SMILES string of the molecule is NC(=S)N/N=C(\C=N\NC(N)=S)C[C@H](O)CO. The molecule has 0 aliphatic rings. The second-order valence-corrected chi connectivity index (χ2v) is 3.73. The van der Waals surface area contributed by atoms with Crippen LogP contribution in [0.2, 0.25) is 0 Å². The molecule has 0 amide bonds. The van der Waals surface area contributed by atoms with E-state index in [1.54, 1.807) is 0 Å². The summed E-state index contributed by atoms with van der Waals surface area (Å²) in [5, 5.41) is 25.3. The number of aliphatic hydroxyl groups excluding tert-OH is 2.